The summed E-state index contributed by atoms with van der Waals surface area (Å²) in [5.74, 6) is -0.377. The van der Waals surface area contributed by atoms with Gasteiger partial charge < -0.3 is 15.2 Å². The van der Waals surface area contributed by atoms with E-state index in [0.717, 1.165) is 11.8 Å². The molecule has 0 saturated carbocycles. The fourth-order valence-corrected chi connectivity index (χ4v) is 2.27. The van der Waals surface area contributed by atoms with Gasteiger partial charge in [0.2, 0.25) is 5.88 Å². The topological polar surface area (TPSA) is 109 Å². The summed E-state index contributed by atoms with van der Waals surface area (Å²) in [6, 6.07) is 6.48. The normalized spacial score (nSPS) is 11.0. The van der Waals surface area contributed by atoms with Crippen LogP contribution in [0.25, 0.3) is 0 Å². The first-order valence-electron chi connectivity index (χ1n) is 7.39. The summed E-state index contributed by atoms with van der Waals surface area (Å²) < 4.78 is 6.28. The van der Waals surface area contributed by atoms with Gasteiger partial charge in [-0.2, -0.15) is 0 Å². The molecule has 2 rings (SSSR count). The monoisotopic (exact) mass is 362 g/mol. The van der Waals surface area contributed by atoms with Crippen LogP contribution in [-0.4, -0.2) is 40.6 Å². The van der Waals surface area contributed by atoms with Crippen LogP contribution in [0.4, 0.5) is 10.5 Å². The summed E-state index contributed by atoms with van der Waals surface area (Å²) in [5.41, 5.74) is 0.830. The second-order valence-corrected chi connectivity index (χ2v) is 5.58. The minimum atomic E-state index is -0.673. The number of urea groups is 1. The lowest BCUT2D eigenvalue weighted by Gasteiger charge is -2.10. The average Bonchev–Trinajstić information content (AvgIpc) is 2.56. The molecule has 0 atom stereocenters. The van der Waals surface area contributed by atoms with Gasteiger partial charge in [-0.25, -0.2) is 9.79 Å². The summed E-state index contributed by atoms with van der Waals surface area (Å²) in [5, 5.41) is 12.8. The molecule has 0 spiro atoms. The van der Waals surface area contributed by atoms with E-state index in [0.29, 0.717) is 12.3 Å². The number of amides is 2. The molecule has 0 unspecified atom stereocenters. The third-order valence-electron chi connectivity index (χ3n) is 3.34. The number of carbonyl (C=O) groups excluding carboxylic acids is 1. The number of methoxy groups -OCH3 is 1. The number of aliphatic imine (C=N–C) groups is 1. The van der Waals surface area contributed by atoms with Gasteiger partial charge >= 0.3 is 6.03 Å². The Morgan fingerprint density at radius 1 is 1.44 bits per heavy atom. The van der Waals surface area contributed by atoms with Gasteiger partial charge in [0.1, 0.15) is 5.56 Å². The van der Waals surface area contributed by atoms with Crippen LogP contribution >= 0.6 is 12.2 Å². The van der Waals surface area contributed by atoms with Crippen molar-refractivity contribution in [3.8, 4) is 5.88 Å². The first-order valence-corrected chi connectivity index (χ1v) is 7.80. The zero-order valence-corrected chi connectivity index (χ0v) is 14.6. The van der Waals surface area contributed by atoms with Crippen molar-refractivity contribution in [1.82, 2.24) is 9.55 Å². The molecule has 0 aliphatic carbocycles. The number of ether oxygens (including phenoxy) is 1. The Bertz CT molecular complexity index is 900. The Morgan fingerprint density at radius 3 is 2.76 bits per heavy atom. The molecule has 0 bridgehead atoms. The van der Waals surface area contributed by atoms with E-state index in [1.165, 1.54) is 11.7 Å². The van der Waals surface area contributed by atoms with Gasteiger partial charge in [-0.05, 0) is 31.3 Å². The number of benzene rings is 1. The van der Waals surface area contributed by atoms with E-state index in [1.54, 1.807) is 12.1 Å². The van der Waals surface area contributed by atoms with Gasteiger partial charge in [0.05, 0.1) is 19.4 Å². The number of anilines is 1. The maximum absolute atomic E-state index is 11.9. The first kappa shape index (κ1) is 18.6. The number of aromatic amines is 1. The Hall–Kier alpha value is -2.78. The van der Waals surface area contributed by atoms with Gasteiger partial charge in [0, 0.05) is 12.8 Å². The highest BCUT2D eigenvalue weighted by Gasteiger charge is 2.11. The van der Waals surface area contributed by atoms with Crippen LogP contribution in [0.15, 0.2) is 34.1 Å². The van der Waals surface area contributed by atoms with Gasteiger partial charge in [-0.1, -0.05) is 17.7 Å². The van der Waals surface area contributed by atoms with E-state index in [1.807, 2.05) is 19.1 Å². The number of H-pyrrole nitrogens is 1. The number of carbonyl (C=O) groups is 1. The van der Waals surface area contributed by atoms with Gasteiger partial charge in [0.25, 0.3) is 5.56 Å². The summed E-state index contributed by atoms with van der Waals surface area (Å²) in [6.45, 7) is 2.47. The van der Waals surface area contributed by atoms with Crippen LogP contribution in [0.2, 0.25) is 0 Å². The molecule has 0 aliphatic rings. The molecule has 0 fully saturated rings. The quantitative estimate of drug-likeness (QED) is 0.558. The number of nitrogens with one attached hydrogen (secondary N) is 2. The largest absolute Gasteiger partial charge is 0.494 e. The Labute approximate surface area is 148 Å². The number of nitrogens with zero attached hydrogens (tertiary/aromatic N) is 2. The van der Waals surface area contributed by atoms with Crippen molar-refractivity contribution in [1.29, 1.82) is 0 Å². The Kier molecular flexibility index (Phi) is 6.20. The van der Waals surface area contributed by atoms with Crippen LogP contribution in [0.1, 0.15) is 11.1 Å². The second-order valence-electron chi connectivity index (χ2n) is 5.20. The average molecular weight is 362 g/mol. The van der Waals surface area contributed by atoms with E-state index in [4.69, 9.17) is 17.0 Å². The van der Waals surface area contributed by atoms with Gasteiger partial charge in [-0.3, -0.25) is 14.3 Å². The fourth-order valence-electron chi connectivity index (χ4n) is 2.00. The molecule has 2 amide bonds. The maximum atomic E-state index is 11.9. The number of aromatic nitrogens is 2. The van der Waals surface area contributed by atoms with Crippen molar-refractivity contribution in [3.05, 3.63) is 50.5 Å². The number of hydrogen-bond acceptors (Lipinski definition) is 5. The van der Waals surface area contributed by atoms with Crippen molar-refractivity contribution in [3.63, 3.8) is 0 Å². The van der Waals surface area contributed by atoms with Crippen LogP contribution < -0.4 is 10.9 Å². The highest BCUT2D eigenvalue weighted by molar-refractivity contribution is 7.71. The molecule has 8 nitrogen and oxygen atoms in total. The lowest BCUT2D eigenvalue weighted by Crippen LogP contribution is -2.20. The van der Waals surface area contributed by atoms with Crippen molar-refractivity contribution < 1.29 is 14.6 Å². The summed E-state index contributed by atoms with van der Waals surface area (Å²) in [4.78, 5) is 29.9. The van der Waals surface area contributed by atoms with Crippen LogP contribution in [0, 0.1) is 11.7 Å². The highest BCUT2D eigenvalue weighted by Crippen LogP contribution is 2.12. The maximum Gasteiger partial charge on any atom is 0.345 e. The molecular formula is C16H18N4O4S. The van der Waals surface area contributed by atoms with Crippen molar-refractivity contribution in [2.24, 2.45) is 4.99 Å². The van der Waals surface area contributed by atoms with Crippen LogP contribution in [0.5, 0.6) is 5.88 Å². The standard InChI is InChI=1S/C16H18N4O4S/c1-10-3-5-11(6-4-10)18-15(23)17-9-12-13(21)19-16(25)20(14(12)22)7-8-24-2/h3-6,9,22H,7-8H2,1-2H3,(H,18,23)(H,19,21,25). The molecule has 2 aromatic rings. The van der Waals surface area contributed by atoms with E-state index < -0.39 is 11.6 Å². The fraction of sp³-hybridized carbons (Fsp3) is 0.250. The number of aryl methyl sites for hydroxylation is 1. The minimum absolute atomic E-state index is 0.0563. The second kappa shape index (κ2) is 8.36. The predicted octanol–water partition coefficient (Wildman–Crippen LogP) is 2.22. The zero-order valence-electron chi connectivity index (χ0n) is 13.8. The summed E-state index contributed by atoms with van der Waals surface area (Å²) >= 11 is 5.00. The number of hydrogen-bond donors (Lipinski definition) is 3. The third-order valence-corrected chi connectivity index (χ3v) is 3.66. The Morgan fingerprint density at radius 2 is 2.12 bits per heavy atom. The molecule has 9 heteroatoms. The van der Waals surface area contributed by atoms with E-state index in [2.05, 4.69) is 15.3 Å². The first-order chi connectivity index (χ1) is 11.9. The summed E-state index contributed by atoms with van der Waals surface area (Å²) in [7, 11) is 1.50. The number of aromatic hydroxyl groups is 1. The molecule has 1 aromatic carbocycles. The zero-order chi connectivity index (χ0) is 18.4. The summed E-state index contributed by atoms with van der Waals surface area (Å²) in [6.07, 6.45) is 0.996. The molecule has 0 radical (unpaired) electrons. The van der Waals surface area contributed by atoms with Crippen molar-refractivity contribution in [2.45, 2.75) is 13.5 Å². The molecule has 132 valence electrons. The van der Waals surface area contributed by atoms with Crippen molar-refractivity contribution >= 4 is 30.2 Å². The third kappa shape index (κ3) is 4.85. The lowest BCUT2D eigenvalue weighted by atomic mass is 10.2. The van der Waals surface area contributed by atoms with Crippen molar-refractivity contribution in [2.75, 3.05) is 19.0 Å². The van der Waals surface area contributed by atoms with Crippen LogP contribution in [-0.2, 0) is 11.3 Å². The minimum Gasteiger partial charge on any atom is -0.494 e. The molecule has 25 heavy (non-hydrogen) atoms. The highest BCUT2D eigenvalue weighted by atomic mass is 32.1. The molecule has 3 N–H and O–H groups in total. The van der Waals surface area contributed by atoms with Gasteiger partial charge in [0.15, 0.2) is 4.77 Å². The predicted molar refractivity (Wildman–Crippen MR) is 97.2 cm³/mol. The molecule has 0 saturated heterocycles. The smallest absolute Gasteiger partial charge is 0.345 e. The lowest BCUT2D eigenvalue weighted by molar-refractivity contribution is 0.182. The molecule has 1 heterocycles. The van der Waals surface area contributed by atoms with E-state index in [9.17, 15) is 14.7 Å². The SMILES string of the molecule is COCCn1c(O)c(C=NC(=O)Nc2ccc(C)cc2)c(=O)[nH]c1=S. The number of rotatable bonds is 5. The Balaban J connectivity index is 2.22. The van der Waals surface area contributed by atoms with E-state index in [-0.39, 0.29) is 22.8 Å². The molecule has 1 aromatic heterocycles. The molecular weight excluding hydrogens is 344 g/mol. The van der Waals surface area contributed by atoms with Gasteiger partial charge in [-0.15, -0.1) is 0 Å². The van der Waals surface area contributed by atoms with Crippen LogP contribution in [0.3, 0.4) is 0 Å². The molecule has 0 aliphatic heterocycles. The van der Waals surface area contributed by atoms with E-state index >= 15 is 0 Å².